The minimum absolute atomic E-state index is 0.0332. The second-order valence-electron chi connectivity index (χ2n) is 6.57. The van der Waals surface area contributed by atoms with E-state index in [2.05, 4.69) is 0 Å². The lowest BCUT2D eigenvalue weighted by Crippen LogP contribution is -2.30. The summed E-state index contributed by atoms with van der Waals surface area (Å²) in [5.74, 6) is -1.72. The maximum Gasteiger partial charge on any atom is 0.417 e. The van der Waals surface area contributed by atoms with Gasteiger partial charge in [0.2, 0.25) is 15.9 Å². The van der Waals surface area contributed by atoms with Crippen LogP contribution in [0.1, 0.15) is 12.5 Å². The molecule has 2 aromatic carbocycles. The van der Waals surface area contributed by atoms with Gasteiger partial charge >= 0.3 is 6.18 Å². The van der Waals surface area contributed by atoms with Gasteiger partial charge in [-0.15, -0.1) is 0 Å². The van der Waals surface area contributed by atoms with Gasteiger partial charge in [-0.05, 0) is 42.5 Å². The molecule has 0 radical (unpaired) electrons. The maximum absolute atomic E-state index is 13.0. The molecule has 162 valence electrons. The molecule has 7 nitrogen and oxygen atoms in total. The molecule has 1 fully saturated rings. The first kappa shape index (κ1) is 22.4. The average Bonchev–Trinajstić information content (AvgIpc) is 2.82. The first-order chi connectivity index (χ1) is 13.7. The van der Waals surface area contributed by atoms with E-state index >= 15 is 0 Å². The summed E-state index contributed by atoms with van der Waals surface area (Å²) in [6.45, 7) is 1.46. The molecular formula is C17H14ClF3N2O5S2. The van der Waals surface area contributed by atoms with Gasteiger partial charge in [-0.3, -0.25) is 9.52 Å². The molecule has 0 aromatic heterocycles. The number of nitrogens with zero attached hydrogens (tertiary/aromatic N) is 1. The van der Waals surface area contributed by atoms with Gasteiger partial charge in [-0.2, -0.15) is 13.2 Å². The van der Waals surface area contributed by atoms with E-state index in [0.717, 1.165) is 36.4 Å². The number of halogens is 4. The normalized spacial score (nSPS) is 19.2. The van der Waals surface area contributed by atoms with E-state index in [4.69, 9.17) is 11.6 Å². The van der Waals surface area contributed by atoms with E-state index in [1.54, 1.807) is 0 Å². The Hall–Kier alpha value is -2.31. The van der Waals surface area contributed by atoms with Crippen LogP contribution in [0.25, 0.3) is 0 Å². The van der Waals surface area contributed by atoms with Crippen LogP contribution in [-0.4, -0.2) is 28.5 Å². The molecule has 1 aliphatic rings. The number of hydrogen-bond acceptors (Lipinski definition) is 5. The van der Waals surface area contributed by atoms with Crippen molar-refractivity contribution in [3.05, 3.63) is 53.1 Å². The number of alkyl halides is 3. The van der Waals surface area contributed by atoms with E-state index in [1.807, 2.05) is 4.72 Å². The summed E-state index contributed by atoms with van der Waals surface area (Å²) in [7, 11) is -8.15. The van der Waals surface area contributed by atoms with Crippen LogP contribution in [0.5, 0.6) is 0 Å². The lowest BCUT2D eigenvalue weighted by Gasteiger charge is -2.16. The van der Waals surface area contributed by atoms with Crippen molar-refractivity contribution in [1.29, 1.82) is 0 Å². The van der Waals surface area contributed by atoms with Crippen LogP contribution in [0.2, 0.25) is 5.02 Å². The van der Waals surface area contributed by atoms with Gasteiger partial charge in [-0.25, -0.2) is 21.1 Å². The van der Waals surface area contributed by atoms with Crippen LogP contribution >= 0.6 is 11.6 Å². The fraction of sp³-hybridized carbons (Fsp3) is 0.235. The summed E-state index contributed by atoms with van der Waals surface area (Å²) in [6.07, 6.45) is -4.77. The number of nitrogens with one attached hydrogen (secondary N) is 1. The lowest BCUT2D eigenvalue weighted by atomic mass is 10.2. The van der Waals surface area contributed by atoms with Crippen LogP contribution in [-0.2, 0) is 31.0 Å². The van der Waals surface area contributed by atoms with Gasteiger partial charge in [0.1, 0.15) is 0 Å². The number of rotatable bonds is 4. The molecule has 1 amide bonds. The Kier molecular flexibility index (Phi) is 5.54. The zero-order valence-corrected chi connectivity index (χ0v) is 17.5. The molecule has 0 bridgehead atoms. The predicted molar refractivity (Wildman–Crippen MR) is 104 cm³/mol. The molecule has 1 N–H and O–H groups in total. The Balaban J connectivity index is 1.89. The molecule has 1 unspecified atom stereocenters. The van der Waals surface area contributed by atoms with Gasteiger partial charge < -0.3 is 0 Å². The molecule has 0 saturated carbocycles. The summed E-state index contributed by atoms with van der Waals surface area (Å²) in [6, 6.07) is 6.89. The molecule has 0 spiro atoms. The third-order valence-electron chi connectivity index (χ3n) is 4.27. The molecular weight excluding hydrogens is 469 g/mol. The van der Waals surface area contributed by atoms with Crippen molar-refractivity contribution >= 4 is 48.9 Å². The van der Waals surface area contributed by atoms with Crippen LogP contribution < -0.4 is 9.03 Å². The first-order valence-electron chi connectivity index (χ1n) is 8.29. The summed E-state index contributed by atoms with van der Waals surface area (Å²) in [5, 5.41) is -0.583. The summed E-state index contributed by atoms with van der Waals surface area (Å²) < 4.78 is 90.7. The Labute approximate surface area is 175 Å². The van der Waals surface area contributed by atoms with Crippen molar-refractivity contribution in [3.63, 3.8) is 0 Å². The lowest BCUT2D eigenvalue weighted by molar-refractivity contribution is -0.137. The first-order valence-corrected chi connectivity index (χ1v) is 11.8. The van der Waals surface area contributed by atoms with Crippen LogP contribution in [0.3, 0.4) is 0 Å². The number of sulfonamides is 2. The van der Waals surface area contributed by atoms with E-state index in [1.165, 1.54) is 6.92 Å². The highest BCUT2D eigenvalue weighted by Gasteiger charge is 2.42. The Bertz CT molecular complexity index is 1210. The van der Waals surface area contributed by atoms with Gasteiger partial charge in [-0.1, -0.05) is 18.5 Å². The van der Waals surface area contributed by atoms with Crippen molar-refractivity contribution in [2.75, 3.05) is 14.8 Å². The summed E-state index contributed by atoms with van der Waals surface area (Å²) in [5.41, 5.74) is -1.59. The van der Waals surface area contributed by atoms with Gasteiger partial charge in [0, 0.05) is 5.69 Å². The van der Waals surface area contributed by atoms with E-state index in [0.29, 0.717) is 10.4 Å². The summed E-state index contributed by atoms with van der Waals surface area (Å²) in [4.78, 5) is 11.8. The number of anilines is 2. The monoisotopic (exact) mass is 482 g/mol. The number of carbonyl (C=O) groups excluding carboxylic acids is 1. The number of carbonyl (C=O) groups is 1. The Morgan fingerprint density at radius 3 is 2.23 bits per heavy atom. The van der Waals surface area contributed by atoms with Crippen molar-refractivity contribution in [3.8, 4) is 0 Å². The highest BCUT2D eigenvalue weighted by atomic mass is 35.5. The molecule has 0 aliphatic carbocycles. The zero-order chi connectivity index (χ0) is 22.5. The number of hydrogen-bond donors (Lipinski definition) is 1. The molecule has 30 heavy (non-hydrogen) atoms. The van der Waals surface area contributed by atoms with Crippen LogP contribution in [0, 0.1) is 5.92 Å². The van der Waals surface area contributed by atoms with E-state index in [9.17, 15) is 34.8 Å². The highest BCUT2D eigenvalue weighted by Crippen LogP contribution is 2.36. The molecule has 1 heterocycles. The van der Waals surface area contributed by atoms with E-state index in [-0.39, 0.29) is 22.0 Å². The van der Waals surface area contributed by atoms with Crippen LogP contribution in [0.4, 0.5) is 24.5 Å². The van der Waals surface area contributed by atoms with Crippen molar-refractivity contribution in [1.82, 2.24) is 0 Å². The van der Waals surface area contributed by atoms with Crippen molar-refractivity contribution < 1.29 is 34.8 Å². The SMILES string of the molecule is CC1CS(=O)(=O)N(c2ccc(S(=O)(=O)Nc3ccc(Cl)c(C(F)(F)F)c3)cc2)C1=O. The number of benzene rings is 2. The third-order valence-corrected chi connectivity index (χ3v) is 7.86. The Morgan fingerprint density at radius 2 is 1.73 bits per heavy atom. The predicted octanol–water partition coefficient (Wildman–Crippen LogP) is 3.47. The minimum Gasteiger partial charge on any atom is -0.280 e. The van der Waals surface area contributed by atoms with E-state index < -0.39 is 48.6 Å². The third kappa shape index (κ3) is 4.25. The molecule has 13 heteroatoms. The largest absolute Gasteiger partial charge is 0.417 e. The van der Waals surface area contributed by atoms with Crippen molar-refractivity contribution in [2.24, 2.45) is 5.92 Å². The fourth-order valence-electron chi connectivity index (χ4n) is 2.87. The molecule has 2 aromatic rings. The molecule has 1 atom stereocenters. The molecule has 3 rings (SSSR count). The second-order valence-corrected chi connectivity index (χ2v) is 10.5. The van der Waals surface area contributed by atoms with Gasteiger partial charge in [0.25, 0.3) is 10.0 Å². The highest BCUT2D eigenvalue weighted by molar-refractivity contribution is 7.94. The smallest absolute Gasteiger partial charge is 0.280 e. The minimum atomic E-state index is -4.77. The second kappa shape index (κ2) is 7.43. The maximum atomic E-state index is 13.0. The van der Waals surface area contributed by atoms with Crippen LogP contribution in [0.15, 0.2) is 47.4 Å². The standard InChI is InChI=1S/C17H14ClF3N2O5S2/c1-10-9-29(25,26)23(16(10)24)12-3-5-13(6-4-12)30(27,28)22-11-2-7-15(18)14(8-11)17(19,20)21/h2-8,10,22H,9H2,1H3. The fourth-order valence-corrected chi connectivity index (χ4v) is 5.96. The summed E-state index contributed by atoms with van der Waals surface area (Å²) >= 11 is 5.52. The molecule has 1 saturated heterocycles. The topological polar surface area (TPSA) is 101 Å². The zero-order valence-electron chi connectivity index (χ0n) is 15.1. The van der Waals surface area contributed by atoms with Gasteiger partial charge in [0.15, 0.2) is 0 Å². The van der Waals surface area contributed by atoms with Gasteiger partial charge in [0.05, 0.1) is 32.8 Å². The molecule has 1 aliphatic heterocycles. The average molecular weight is 483 g/mol. The van der Waals surface area contributed by atoms with Crippen molar-refractivity contribution in [2.45, 2.75) is 18.0 Å². The Morgan fingerprint density at radius 1 is 1.13 bits per heavy atom. The quantitative estimate of drug-likeness (QED) is 0.719. The number of amides is 1.